The minimum atomic E-state index is -0.434. The quantitative estimate of drug-likeness (QED) is 0.274. The Morgan fingerprint density at radius 1 is 1.32 bits per heavy atom. The van der Waals surface area contributed by atoms with Gasteiger partial charge in [-0.1, -0.05) is 0 Å². The van der Waals surface area contributed by atoms with Gasteiger partial charge in [-0.05, 0) is 0 Å². The van der Waals surface area contributed by atoms with E-state index in [1.807, 2.05) is 20.8 Å². The molecule has 1 atom stereocenters. The Labute approximate surface area is 143 Å². The maximum atomic E-state index is 11.7. The first-order valence-electron chi connectivity index (χ1n) is 6.11. The van der Waals surface area contributed by atoms with Crippen LogP contribution >= 0.6 is 9.90 Å². The predicted molar refractivity (Wildman–Crippen MR) is 86.7 cm³/mol. The van der Waals surface area contributed by atoms with Gasteiger partial charge in [0, 0.05) is 0 Å². The van der Waals surface area contributed by atoms with Crippen molar-refractivity contribution < 1.29 is 12.2 Å². The van der Waals surface area contributed by atoms with Crippen LogP contribution in [-0.4, -0.2) is 49.6 Å². The molecule has 4 nitrogen and oxygen atoms in total. The fraction of sp³-hybridized carbons (Fsp3) is 0.917. The molecule has 112 valence electrons. The third-order valence-electron chi connectivity index (χ3n) is 3.03. The van der Waals surface area contributed by atoms with Gasteiger partial charge in [0.15, 0.2) is 0 Å². The molecule has 0 heterocycles. The van der Waals surface area contributed by atoms with Crippen molar-refractivity contribution in [3.63, 3.8) is 0 Å². The first-order valence-corrected chi connectivity index (χ1v) is 7.94. The van der Waals surface area contributed by atoms with Gasteiger partial charge in [0.2, 0.25) is 0 Å². The zero-order chi connectivity index (χ0) is 13.1. The van der Waals surface area contributed by atoms with Gasteiger partial charge in [-0.25, -0.2) is 0 Å². The maximum absolute atomic E-state index is 11.7. The number of carbonyl (C=O) groups is 1. The zero-order valence-electron chi connectivity index (χ0n) is 12.4. The fourth-order valence-corrected chi connectivity index (χ4v) is 3.10. The molecule has 0 radical (unpaired) electrons. The summed E-state index contributed by atoms with van der Waals surface area (Å²) in [6, 6.07) is 0. The van der Waals surface area contributed by atoms with Gasteiger partial charge in [0.25, 0.3) is 0 Å². The van der Waals surface area contributed by atoms with Crippen LogP contribution in [0.5, 0.6) is 0 Å². The second-order valence-corrected chi connectivity index (χ2v) is 7.08. The van der Waals surface area contributed by atoms with Gasteiger partial charge in [-0.2, -0.15) is 9.90 Å². The molecule has 0 aromatic carbocycles. The van der Waals surface area contributed by atoms with Crippen molar-refractivity contribution >= 4 is 55.7 Å². The van der Waals surface area contributed by atoms with E-state index in [9.17, 15) is 4.79 Å². The van der Waals surface area contributed by atoms with Crippen LogP contribution < -0.4 is 5.32 Å². The van der Waals surface area contributed by atoms with Crippen molar-refractivity contribution in [1.29, 1.82) is 0 Å². The average molecular weight is 500 g/mol. The van der Waals surface area contributed by atoms with Crippen LogP contribution in [-0.2, 0) is 20.9 Å². The first kappa shape index (κ1) is 22.2. The van der Waals surface area contributed by atoms with E-state index >= 15 is 0 Å². The Morgan fingerprint density at radius 3 is 2.16 bits per heavy atom. The molecular formula is C12H26NO3PSTl-. The Balaban J connectivity index is 0. The third-order valence-corrected chi connectivity index (χ3v) is 4.53. The number of alkyl carbamates (subject to hydrolysis) is 1. The van der Waals surface area contributed by atoms with E-state index in [0.717, 1.165) is 25.7 Å². The molecule has 0 bridgehead atoms. The summed E-state index contributed by atoms with van der Waals surface area (Å²) >= 11 is 0.605. The van der Waals surface area contributed by atoms with E-state index in [4.69, 9.17) is 7.42 Å². The summed E-state index contributed by atoms with van der Waals surface area (Å²) in [6.07, 6.45) is 4.08. The Hall–Kier alpha value is 0.932. The van der Waals surface area contributed by atoms with Crippen molar-refractivity contribution in [1.82, 2.24) is 5.32 Å². The normalized spacial score (nSPS) is 26.6. The molecule has 1 saturated carbocycles. The Bertz CT molecular complexity index is 279. The number of rotatable bonds is 2. The molecule has 1 rings (SSSR count). The monoisotopic (exact) mass is 500 g/mol. The average Bonchev–Trinajstić information content (AvgIpc) is 2.15. The molecule has 0 aromatic rings. The smallest absolute Gasteiger partial charge is 0.153 e. The number of carbonyl (C=O) groups excluding carboxylic acids is 1. The van der Waals surface area contributed by atoms with E-state index in [2.05, 4.69) is 12.2 Å². The Morgan fingerprint density at radius 2 is 1.79 bits per heavy atom. The molecule has 0 aromatic heterocycles. The topological polar surface area (TPSA) is 47.6 Å². The maximum Gasteiger partial charge on any atom is -0.153 e. The fourth-order valence-electron chi connectivity index (χ4n) is 2.04. The van der Waals surface area contributed by atoms with E-state index in [0.29, 0.717) is 32.3 Å². The Kier molecular flexibility index (Phi) is 10.6. The van der Waals surface area contributed by atoms with Crippen LogP contribution in [0.15, 0.2) is 0 Å². The number of thiol groups is 1. The van der Waals surface area contributed by atoms with Crippen molar-refractivity contribution in [3.8, 4) is 0 Å². The number of amides is 1. The first-order chi connectivity index (χ1) is 7.74. The van der Waals surface area contributed by atoms with Crippen LogP contribution in [0.2, 0.25) is 0 Å². The third kappa shape index (κ3) is 8.73. The number of nitrogens with one attached hydrogen (secondary N) is 1. The van der Waals surface area contributed by atoms with Crippen molar-refractivity contribution in [2.24, 2.45) is 0 Å². The van der Waals surface area contributed by atoms with E-state index in [1.54, 1.807) is 0 Å². The molecule has 7 heteroatoms. The number of hydrogen-bond donors (Lipinski definition) is 1. The molecule has 1 amide bonds. The van der Waals surface area contributed by atoms with Crippen LogP contribution in [0.25, 0.3) is 0 Å². The molecule has 1 aliphatic rings. The van der Waals surface area contributed by atoms with Crippen molar-refractivity contribution in [3.05, 3.63) is 0 Å². The predicted octanol–water partition coefficient (Wildman–Crippen LogP) is 2.10. The summed E-state index contributed by atoms with van der Waals surface area (Å²) in [6.45, 7) is 7.72. The van der Waals surface area contributed by atoms with E-state index < -0.39 is 5.60 Å². The second-order valence-electron chi connectivity index (χ2n) is 6.02. The molecule has 1 N–H and O–H groups in total. The number of ether oxygens (including phenoxy) is 1. The molecule has 0 spiro atoms. The molecule has 1 unspecified atom stereocenters. The minimum absolute atomic E-state index is 0. The minimum Gasteiger partial charge on any atom is -0.813 e. The number of hydrogen-bond acceptors (Lipinski definition) is 4. The molecule has 1 aliphatic carbocycles. The summed E-state index contributed by atoms with van der Waals surface area (Å²) in [5.41, 5.74) is -0.571. The zero-order valence-corrected chi connectivity index (χ0v) is 19.2. The summed E-state index contributed by atoms with van der Waals surface area (Å²) in [7, 11) is 0. The standard InChI is InChI=1S/C12H22NO3.H3P.H2S.Tl/c1-11(2,3)16-10(15)13-12(4)7-5-9(14)6-8-12;;;/h9H,5-8H2,1-4H3,(H,13,15);1H3;1H2;/q-1;;;+1/p-1. The largest absolute Gasteiger partial charge is 0.813 e. The summed E-state index contributed by atoms with van der Waals surface area (Å²) in [5, 5.41) is 2.99. The van der Waals surface area contributed by atoms with Gasteiger partial charge in [-0.3, -0.25) is 0 Å². The second kappa shape index (κ2) is 9.05. The molecular weight excluding hydrogens is 474 g/mol. The molecule has 0 saturated heterocycles. The molecule has 19 heavy (non-hydrogen) atoms. The molecule has 1 fully saturated rings. The van der Waals surface area contributed by atoms with Crippen LogP contribution in [0.4, 0.5) is 4.79 Å². The van der Waals surface area contributed by atoms with Crippen molar-refractivity contribution in [2.75, 3.05) is 0 Å². The van der Waals surface area contributed by atoms with Crippen molar-refractivity contribution in [2.45, 2.75) is 70.6 Å². The van der Waals surface area contributed by atoms with Crippen LogP contribution in [0, 0.1) is 0 Å². The van der Waals surface area contributed by atoms with Crippen LogP contribution in [0.3, 0.4) is 0 Å². The SMILES string of the molecule is CC1(NC(=O)OC(C)(C)C)CCC([O][Tl])CC1.P.[SH-]. The van der Waals surface area contributed by atoms with E-state index in [-0.39, 0.29) is 35.0 Å². The summed E-state index contributed by atoms with van der Waals surface area (Å²) in [4.78, 5) is 11.7. The van der Waals surface area contributed by atoms with Crippen LogP contribution in [0.1, 0.15) is 53.4 Å². The van der Waals surface area contributed by atoms with Gasteiger partial charge in [-0.15, -0.1) is 0 Å². The molecule has 0 aliphatic heterocycles. The summed E-state index contributed by atoms with van der Waals surface area (Å²) < 4.78 is 10.8. The summed E-state index contributed by atoms with van der Waals surface area (Å²) in [5.74, 6) is 0. The van der Waals surface area contributed by atoms with Gasteiger partial charge >= 0.3 is 120 Å². The van der Waals surface area contributed by atoms with E-state index in [1.165, 1.54) is 0 Å². The van der Waals surface area contributed by atoms with Gasteiger partial charge in [0.1, 0.15) is 0 Å². The van der Waals surface area contributed by atoms with Gasteiger partial charge < -0.3 is 13.5 Å². The van der Waals surface area contributed by atoms with Gasteiger partial charge in [0.05, 0.1) is 0 Å².